The highest BCUT2D eigenvalue weighted by atomic mass is 16.6. The van der Waals surface area contributed by atoms with Gasteiger partial charge in [0.2, 0.25) is 0 Å². The van der Waals surface area contributed by atoms with Gasteiger partial charge in [0.25, 0.3) is 0 Å². The Kier molecular flexibility index (Phi) is 3.70. The van der Waals surface area contributed by atoms with Gasteiger partial charge >= 0.3 is 0 Å². The quantitative estimate of drug-likeness (QED) is 0.737. The van der Waals surface area contributed by atoms with Crippen molar-refractivity contribution in [2.75, 3.05) is 26.4 Å². The molecule has 2 aromatic carbocycles. The molecule has 2 atom stereocenters. The summed E-state index contributed by atoms with van der Waals surface area (Å²) in [5.74, 6) is 1.76. The fraction of sp³-hybridized carbons (Fsp3) is 0.333. The Hall–Kier alpha value is -2.04. The second-order valence-electron chi connectivity index (χ2n) is 5.58. The molecule has 0 radical (unpaired) electrons. The molecule has 0 aromatic heterocycles. The fourth-order valence-corrected chi connectivity index (χ4v) is 2.19. The Balaban J connectivity index is 1.37. The predicted molar refractivity (Wildman–Crippen MR) is 82.3 cm³/mol. The van der Waals surface area contributed by atoms with E-state index < -0.39 is 0 Å². The lowest BCUT2D eigenvalue weighted by molar-refractivity contribution is 0.263. The zero-order valence-electron chi connectivity index (χ0n) is 12.2. The number of ether oxygens (including phenoxy) is 4. The van der Waals surface area contributed by atoms with Crippen LogP contribution in [0.1, 0.15) is 0 Å². The van der Waals surface area contributed by atoms with Gasteiger partial charge in [-0.15, -0.1) is 0 Å². The summed E-state index contributed by atoms with van der Waals surface area (Å²) in [4.78, 5) is 0. The zero-order chi connectivity index (χ0) is 14.8. The Bertz CT molecular complexity index is 555. The normalized spacial score (nSPS) is 22.2. The lowest BCUT2D eigenvalue weighted by Gasteiger charge is -2.08. The molecule has 0 bridgehead atoms. The minimum Gasteiger partial charge on any atom is -0.491 e. The SMILES string of the molecule is c1cc(-c2ccc(OC[C@@H]3CO3)cc2)ccc1OC[C@@H]1CO1. The van der Waals surface area contributed by atoms with Crippen LogP contribution in [0.4, 0.5) is 0 Å². The van der Waals surface area contributed by atoms with Gasteiger partial charge in [-0.3, -0.25) is 0 Å². The van der Waals surface area contributed by atoms with Crippen molar-refractivity contribution in [1.29, 1.82) is 0 Å². The van der Waals surface area contributed by atoms with Crippen LogP contribution in [0.15, 0.2) is 48.5 Å². The van der Waals surface area contributed by atoms with Crippen LogP contribution in [0, 0.1) is 0 Å². The van der Waals surface area contributed by atoms with E-state index in [4.69, 9.17) is 18.9 Å². The van der Waals surface area contributed by atoms with Crippen LogP contribution in [0.2, 0.25) is 0 Å². The third-order valence-electron chi connectivity index (χ3n) is 3.72. The van der Waals surface area contributed by atoms with E-state index in [0.717, 1.165) is 35.8 Å². The Morgan fingerprint density at radius 1 is 0.682 bits per heavy atom. The molecule has 0 saturated carbocycles. The smallest absolute Gasteiger partial charge is 0.119 e. The summed E-state index contributed by atoms with van der Waals surface area (Å²) in [6.07, 6.45) is 0.571. The third-order valence-corrected chi connectivity index (χ3v) is 3.72. The molecule has 2 saturated heterocycles. The van der Waals surface area contributed by atoms with Crippen LogP contribution in [-0.2, 0) is 9.47 Å². The van der Waals surface area contributed by atoms with Crippen LogP contribution in [0.5, 0.6) is 11.5 Å². The molecule has 0 amide bonds. The van der Waals surface area contributed by atoms with Gasteiger partial charge in [0, 0.05) is 0 Å². The zero-order valence-corrected chi connectivity index (χ0v) is 12.2. The molecule has 4 nitrogen and oxygen atoms in total. The molecule has 0 N–H and O–H groups in total. The standard InChI is InChI=1S/C18H18O4/c1-5-15(19-9-17-11-21-17)6-2-13(1)14-3-7-16(8-4-14)20-10-18-12-22-18/h1-8,17-18H,9-12H2/t17-,18-/m1/s1. The largest absolute Gasteiger partial charge is 0.491 e. The molecule has 0 spiro atoms. The number of benzene rings is 2. The molecule has 4 rings (SSSR count). The van der Waals surface area contributed by atoms with Crippen LogP contribution in [0.25, 0.3) is 11.1 Å². The average molecular weight is 298 g/mol. The van der Waals surface area contributed by atoms with E-state index in [1.807, 2.05) is 24.3 Å². The lowest BCUT2D eigenvalue weighted by atomic mass is 10.1. The highest BCUT2D eigenvalue weighted by molar-refractivity contribution is 5.64. The highest BCUT2D eigenvalue weighted by Crippen LogP contribution is 2.25. The Morgan fingerprint density at radius 3 is 1.36 bits per heavy atom. The van der Waals surface area contributed by atoms with Gasteiger partial charge < -0.3 is 18.9 Å². The molecule has 2 heterocycles. The van der Waals surface area contributed by atoms with Gasteiger partial charge in [-0.2, -0.15) is 0 Å². The van der Waals surface area contributed by atoms with E-state index in [2.05, 4.69) is 24.3 Å². The van der Waals surface area contributed by atoms with Crippen molar-refractivity contribution in [1.82, 2.24) is 0 Å². The monoisotopic (exact) mass is 298 g/mol. The van der Waals surface area contributed by atoms with E-state index in [9.17, 15) is 0 Å². The van der Waals surface area contributed by atoms with Gasteiger partial charge in [0.15, 0.2) is 0 Å². The molecule has 4 heteroatoms. The van der Waals surface area contributed by atoms with E-state index in [0.29, 0.717) is 13.2 Å². The first-order valence-electron chi connectivity index (χ1n) is 7.56. The third kappa shape index (κ3) is 3.59. The maximum absolute atomic E-state index is 5.64. The van der Waals surface area contributed by atoms with Crippen molar-refractivity contribution in [2.24, 2.45) is 0 Å². The molecule has 2 aliphatic heterocycles. The van der Waals surface area contributed by atoms with Crippen LogP contribution >= 0.6 is 0 Å². The van der Waals surface area contributed by atoms with Crippen LogP contribution < -0.4 is 9.47 Å². The summed E-state index contributed by atoms with van der Waals surface area (Å²) in [6.45, 7) is 2.91. The first-order valence-corrected chi connectivity index (χ1v) is 7.56. The Morgan fingerprint density at radius 2 is 1.05 bits per heavy atom. The molecule has 22 heavy (non-hydrogen) atoms. The summed E-state index contributed by atoms with van der Waals surface area (Å²) in [7, 11) is 0. The summed E-state index contributed by atoms with van der Waals surface area (Å²) in [6, 6.07) is 16.2. The Labute approximate surface area is 129 Å². The molecule has 2 aliphatic rings. The molecule has 0 aliphatic carbocycles. The summed E-state index contributed by atoms with van der Waals surface area (Å²) >= 11 is 0. The van der Waals surface area contributed by atoms with Crippen molar-refractivity contribution in [3.8, 4) is 22.6 Å². The van der Waals surface area contributed by atoms with E-state index >= 15 is 0 Å². The van der Waals surface area contributed by atoms with Gasteiger partial charge in [-0.25, -0.2) is 0 Å². The molecule has 2 aromatic rings. The first-order chi connectivity index (χ1) is 10.9. The molecule has 0 unspecified atom stereocenters. The highest BCUT2D eigenvalue weighted by Gasteiger charge is 2.23. The van der Waals surface area contributed by atoms with Gasteiger partial charge in [0.1, 0.15) is 36.9 Å². The lowest BCUT2D eigenvalue weighted by Crippen LogP contribution is -2.03. The molecule has 2 fully saturated rings. The van der Waals surface area contributed by atoms with E-state index in [-0.39, 0.29) is 12.2 Å². The molecular weight excluding hydrogens is 280 g/mol. The second kappa shape index (κ2) is 5.99. The molecular formula is C18H18O4. The summed E-state index contributed by atoms with van der Waals surface area (Å²) < 4.78 is 21.5. The number of epoxide rings is 2. The van der Waals surface area contributed by atoms with E-state index in [1.54, 1.807) is 0 Å². The minimum absolute atomic E-state index is 0.285. The van der Waals surface area contributed by atoms with Crippen molar-refractivity contribution >= 4 is 0 Å². The number of hydrogen-bond donors (Lipinski definition) is 0. The topological polar surface area (TPSA) is 43.5 Å². The second-order valence-corrected chi connectivity index (χ2v) is 5.58. The minimum atomic E-state index is 0.285. The van der Waals surface area contributed by atoms with Crippen molar-refractivity contribution in [2.45, 2.75) is 12.2 Å². The summed E-state index contributed by atoms with van der Waals surface area (Å²) in [5, 5.41) is 0. The van der Waals surface area contributed by atoms with E-state index in [1.165, 1.54) is 0 Å². The van der Waals surface area contributed by atoms with Crippen LogP contribution in [0.3, 0.4) is 0 Å². The maximum Gasteiger partial charge on any atom is 0.119 e. The van der Waals surface area contributed by atoms with Crippen molar-refractivity contribution in [3.63, 3.8) is 0 Å². The van der Waals surface area contributed by atoms with Crippen LogP contribution in [-0.4, -0.2) is 38.6 Å². The van der Waals surface area contributed by atoms with Crippen molar-refractivity contribution < 1.29 is 18.9 Å². The van der Waals surface area contributed by atoms with Gasteiger partial charge in [0.05, 0.1) is 13.2 Å². The van der Waals surface area contributed by atoms with Gasteiger partial charge in [-0.1, -0.05) is 24.3 Å². The maximum atomic E-state index is 5.64. The summed E-state index contributed by atoms with van der Waals surface area (Å²) in [5.41, 5.74) is 2.32. The van der Waals surface area contributed by atoms with Crippen molar-refractivity contribution in [3.05, 3.63) is 48.5 Å². The fourth-order valence-electron chi connectivity index (χ4n) is 2.19. The average Bonchev–Trinajstić information content (AvgIpc) is 3.47. The molecule has 114 valence electrons. The first kappa shape index (κ1) is 13.6. The van der Waals surface area contributed by atoms with Gasteiger partial charge in [-0.05, 0) is 35.4 Å². The number of rotatable bonds is 7. The predicted octanol–water partition coefficient (Wildman–Crippen LogP) is 2.91. The number of hydrogen-bond acceptors (Lipinski definition) is 4.